The molecule has 0 fully saturated rings. The minimum Gasteiger partial charge on any atom is -0.310 e. The summed E-state index contributed by atoms with van der Waals surface area (Å²) in [5.74, 6) is 0. The molecule has 1 aromatic heterocycles. The lowest BCUT2D eigenvalue weighted by atomic mass is 9.82. The number of hydrogen-bond acceptors (Lipinski definition) is 2. The Morgan fingerprint density at radius 2 is 1.00 bits per heavy atom. The molecule has 1 aliphatic carbocycles. The fraction of sp³-hybridized carbons (Fsp3) is 0.0667. The second kappa shape index (κ2) is 9.78. The highest BCUT2D eigenvalue weighted by Gasteiger charge is 2.35. The van der Waals surface area contributed by atoms with Gasteiger partial charge in [0, 0.05) is 42.6 Å². The first-order valence-corrected chi connectivity index (χ1v) is 17.2. The van der Waals surface area contributed by atoms with E-state index in [1.165, 1.54) is 86.1 Å². The molecule has 222 valence electrons. The second-order valence-corrected chi connectivity index (χ2v) is 14.5. The van der Waals surface area contributed by atoms with Crippen LogP contribution in [0.4, 0.5) is 17.1 Å². The summed E-state index contributed by atoms with van der Waals surface area (Å²) in [5.41, 5.74) is 8.89. The highest BCUT2D eigenvalue weighted by atomic mass is 32.1. The quantitative estimate of drug-likeness (QED) is 0.178. The van der Waals surface area contributed by atoms with Crippen molar-refractivity contribution >= 4 is 80.9 Å². The topological polar surface area (TPSA) is 3.24 Å². The van der Waals surface area contributed by atoms with Crippen LogP contribution in [0.15, 0.2) is 152 Å². The van der Waals surface area contributed by atoms with Crippen LogP contribution in [0.25, 0.3) is 63.6 Å². The van der Waals surface area contributed by atoms with Crippen LogP contribution in [0.2, 0.25) is 0 Å². The van der Waals surface area contributed by atoms with Gasteiger partial charge in [0.2, 0.25) is 0 Å². The van der Waals surface area contributed by atoms with Gasteiger partial charge in [-0.15, -0.1) is 11.3 Å². The number of hydrogen-bond donors (Lipinski definition) is 0. The molecule has 1 aliphatic rings. The van der Waals surface area contributed by atoms with E-state index in [4.69, 9.17) is 0 Å². The number of rotatable bonds is 3. The van der Waals surface area contributed by atoms with Crippen LogP contribution >= 0.6 is 11.3 Å². The number of fused-ring (bicyclic) bond motifs is 11. The number of benzene rings is 8. The van der Waals surface area contributed by atoms with Crippen molar-refractivity contribution in [2.45, 2.75) is 19.3 Å². The highest BCUT2D eigenvalue weighted by Crippen LogP contribution is 2.51. The first-order valence-electron chi connectivity index (χ1n) is 16.3. The molecule has 0 saturated carbocycles. The Balaban J connectivity index is 1.20. The Morgan fingerprint density at radius 3 is 1.89 bits per heavy atom. The molecule has 1 nitrogen and oxygen atoms in total. The summed E-state index contributed by atoms with van der Waals surface area (Å²) in [5, 5.41) is 10.3. The van der Waals surface area contributed by atoms with Crippen molar-refractivity contribution in [2.24, 2.45) is 0 Å². The Kier molecular flexibility index (Phi) is 5.57. The van der Waals surface area contributed by atoms with Gasteiger partial charge < -0.3 is 4.90 Å². The Bertz CT molecular complexity index is 2730. The van der Waals surface area contributed by atoms with Gasteiger partial charge in [-0.25, -0.2) is 0 Å². The molecule has 0 atom stereocenters. The predicted octanol–water partition coefficient (Wildman–Crippen LogP) is 13.3. The zero-order chi connectivity index (χ0) is 31.3. The molecule has 0 bridgehead atoms. The van der Waals surface area contributed by atoms with Gasteiger partial charge in [0.25, 0.3) is 0 Å². The van der Waals surface area contributed by atoms with Gasteiger partial charge in [0.15, 0.2) is 0 Å². The molecule has 10 rings (SSSR count). The minimum absolute atomic E-state index is 0.0772. The maximum absolute atomic E-state index is 2.45. The third kappa shape index (κ3) is 3.89. The Labute approximate surface area is 278 Å². The zero-order valence-corrected chi connectivity index (χ0v) is 27.1. The number of thiophene rings is 1. The van der Waals surface area contributed by atoms with Gasteiger partial charge in [0.05, 0.1) is 0 Å². The first kappa shape index (κ1) is 26.7. The van der Waals surface area contributed by atoms with Crippen LogP contribution in [0.3, 0.4) is 0 Å². The molecule has 0 N–H and O–H groups in total. The van der Waals surface area contributed by atoms with E-state index < -0.39 is 0 Å². The van der Waals surface area contributed by atoms with Gasteiger partial charge in [-0.3, -0.25) is 0 Å². The van der Waals surface area contributed by atoms with Crippen LogP contribution < -0.4 is 4.90 Å². The standard InChI is InChI=1S/C45H31NS/c1-45(2)41-13-7-5-11-37(41)38-23-18-32(27-42(38)45)46(31-19-24-44-40(26-31)39-12-6-8-14-43(39)47-44)30-17-22-34-29(25-30)16-21-35-33-10-4-3-9-28(33)15-20-36(34)35/h3-27H,1-2H3. The minimum atomic E-state index is -0.0772. The van der Waals surface area contributed by atoms with Crippen molar-refractivity contribution in [3.05, 3.63) is 163 Å². The number of nitrogens with zero attached hydrogens (tertiary/aromatic N) is 1. The summed E-state index contributed by atoms with van der Waals surface area (Å²) in [6.07, 6.45) is 0. The van der Waals surface area contributed by atoms with Crippen molar-refractivity contribution < 1.29 is 0 Å². The van der Waals surface area contributed by atoms with Gasteiger partial charge in [-0.1, -0.05) is 117 Å². The fourth-order valence-electron chi connectivity index (χ4n) is 8.09. The third-order valence-corrected chi connectivity index (χ3v) is 11.6. The van der Waals surface area contributed by atoms with E-state index in [2.05, 4.69) is 170 Å². The van der Waals surface area contributed by atoms with Crippen LogP contribution in [0.1, 0.15) is 25.0 Å². The van der Waals surface area contributed by atoms with Crippen LogP contribution in [-0.2, 0) is 5.41 Å². The van der Waals surface area contributed by atoms with Gasteiger partial charge >= 0.3 is 0 Å². The molecule has 9 aromatic rings. The smallest absolute Gasteiger partial charge is 0.0468 e. The molecule has 0 amide bonds. The average molecular weight is 618 g/mol. The molecular weight excluding hydrogens is 587 g/mol. The maximum atomic E-state index is 2.45. The lowest BCUT2D eigenvalue weighted by molar-refractivity contribution is 0.660. The zero-order valence-electron chi connectivity index (χ0n) is 26.3. The molecule has 8 aromatic carbocycles. The molecular formula is C45H31NS. The van der Waals surface area contributed by atoms with Crippen LogP contribution in [0, 0.1) is 0 Å². The van der Waals surface area contributed by atoms with E-state index in [-0.39, 0.29) is 5.41 Å². The molecule has 0 radical (unpaired) electrons. The number of anilines is 3. The van der Waals surface area contributed by atoms with E-state index in [0.717, 1.165) is 5.69 Å². The molecule has 2 heteroatoms. The Morgan fingerprint density at radius 1 is 0.404 bits per heavy atom. The fourth-order valence-corrected chi connectivity index (χ4v) is 9.17. The third-order valence-electron chi connectivity index (χ3n) is 10.4. The van der Waals surface area contributed by atoms with Crippen molar-refractivity contribution in [3.63, 3.8) is 0 Å². The second-order valence-electron chi connectivity index (χ2n) is 13.4. The molecule has 0 unspecified atom stereocenters. The average Bonchev–Trinajstić information content (AvgIpc) is 3.59. The lowest BCUT2D eigenvalue weighted by Crippen LogP contribution is -2.16. The SMILES string of the molecule is CC1(C)c2ccccc2-c2ccc(N(c3ccc4c(ccc5c6ccccc6ccc45)c3)c3ccc4sc5ccccc5c4c3)cc21. The van der Waals surface area contributed by atoms with Crippen molar-refractivity contribution in [2.75, 3.05) is 4.90 Å². The van der Waals surface area contributed by atoms with E-state index in [1.807, 2.05) is 11.3 Å². The summed E-state index contributed by atoms with van der Waals surface area (Å²) in [6.45, 7) is 4.72. The van der Waals surface area contributed by atoms with Crippen molar-refractivity contribution in [1.29, 1.82) is 0 Å². The predicted molar refractivity (Wildman–Crippen MR) is 204 cm³/mol. The summed E-state index contributed by atoms with van der Waals surface area (Å²) >= 11 is 1.87. The normalized spacial score (nSPS) is 13.5. The van der Waals surface area contributed by atoms with E-state index in [1.54, 1.807) is 0 Å². The van der Waals surface area contributed by atoms with Crippen LogP contribution in [0.5, 0.6) is 0 Å². The molecule has 0 saturated heterocycles. The van der Waals surface area contributed by atoms with Crippen LogP contribution in [-0.4, -0.2) is 0 Å². The van der Waals surface area contributed by atoms with Gasteiger partial charge in [0.1, 0.15) is 0 Å². The van der Waals surface area contributed by atoms with Gasteiger partial charge in [-0.2, -0.15) is 0 Å². The first-order chi connectivity index (χ1) is 23.0. The monoisotopic (exact) mass is 617 g/mol. The van der Waals surface area contributed by atoms with Gasteiger partial charge in [-0.05, 0) is 103 Å². The van der Waals surface area contributed by atoms with Crippen molar-refractivity contribution in [3.8, 4) is 11.1 Å². The summed E-state index contributed by atoms with van der Waals surface area (Å²) < 4.78 is 2.64. The van der Waals surface area contributed by atoms with Crippen molar-refractivity contribution in [1.82, 2.24) is 0 Å². The molecule has 0 aliphatic heterocycles. The molecule has 0 spiro atoms. The Hall–Kier alpha value is -5.44. The van der Waals surface area contributed by atoms with E-state index >= 15 is 0 Å². The van der Waals surface area contributed by atoms with E-state index in [9.17, 15) is 0 Å². The summed E-state index contributed by atoms with van der Waals surface area (Å²) in [7, 11) is 0. The summed E-state index contributed by atoms with van der Waals surface area (Å²) in [6, 6.07) is 56.5. The molecule has 47 heavy (non-hydrogen) atoms. The van der Waals surface area contributed by atoms with E-state index in [0.29, 0.717) is 0 Å². The summed E-state index contributed by atoms with van der Waals surface area (Å²) in [4.78, 5) is 2.45. The highest BCUT2D eigenvalue weighted by molar-refractivity contribution is 7.25. The largest absolute Gasteiger partial charge is 0.310 e. The maximum Gasteiger partial charge on any atom is 0.0468 e. The lowest BCUT2D eigenvalue weighted by Gasteiger charge is -2.28. The molecule has 1 heterocycles.